The Morgan fingerprint density at radius 2 is 2.00 bits per heavy atom. The summed E-state index contributed by atoms with van der Waals surface area (Å²) in [5.74, 6) is -1.76. The number of aromatic carboxylic acids is 1. The number of carboxylic acids is 1. The highest BCUT2D eigenvalue weighted by molar-refractivity contribution is 6.32. The van der Waals surface area contributed by atoms with Crippen LogP contribution in [0.2, 0.25) is 5.02 Å². The van der Waals surface area contributed by atoms with Crippen molar-refractivity contribution in [3.63, 3.8) is 0 Å². The second kappa shape index (κ2) is 4.02. The number of benzene rings is 1. The van der Waals surface area contributed by atoms with E-state index in [1.165, 1.54) is 6.07 Å². The lowest BCUT2D eigenvalue weighted by atomic mass is 10.0. The lowest BCUT2D eigenvalue weighted by Crippen LogP contribution is -2.15. The first-order valence-corrected chi connectivity index (χ1v) is 4.20. The third kappa shape index (κ3) is 2.09. The number of alkyl halides is 3. The average molecular weight is 250 g/mol. The Hall–Kier alpha value is -1.74. The molecule has 0 aromatic heterocycles. The zero-order valence-electron chi connectivity index (χ0n) is 7.47. The van der Waals surface area contributed by atoms with Crippen LogP contribution < -0.4 is 0 Å². The zero-order chi connectivity index (χ0) is 12.5. The van der Waals surface area contributed by atoms with E-state index < -0.39 is 33.9 Å². The van der Waals surface area contributed by atoms with Gasteiger partial charge in [-0.05, 0) is 12.1 Å². The Kier molecular flexibility index (Phi) is 3.10. The van der Waals surface area contributed by atoms with Crippen LogP contribution >= 0.6 is 11.6 Å². The van der Waals surface area contributed by atoms with Gasteiger partial charge in [0.15, 0.2) is 0 Å². The van der Waals surface area contributed by atoms with Crippen LogP contribution in [0, 0.1) is 11.3 Å². The van der Waals surface area contributed by atoms with E-state index in [2.05, 4.69) is 0 Å². The summed E-state index contributed by atoms with van der Waals surface area (Å²) in [6, 6.07) is 2.91. The van der Waals surface area contributed by atoms with Crippen molar-refractivity contribution in [3.8, 4) is 6.07 Å². The van der Waals surface area contributed by atoms with Crippen LogP contribution in [0.5, 0.6) is 0 Å². The highest BCUT2D eigenvalue weighted by Gasteiger charge is 2.39. The monoisotopic (exact) mass is 249 g/mol. The van der Waals surface area contributed by atoms with Gasteiger partial charge in [-0.15, -0.1) is 0 Å². The van der Waals surface area contributed by atoms with E-state index in [0.29, 0.717) is 6.07 Å². The molecule has 7 heteroatoms. The molecular weight excluding hydrogens is 247 g/mol. The summed E-state index contributed by atoms with van der Waals surface area (Å²) >= 11 is 5.40. The summed E-state index contributed by atoms with van der Waals surface area (Å²) in [5, 5.41) is 16.7. The number of rotatable bonds is 1. The van der Waals surface area contributed by atoms with E-state index in [9.17, 15) is 18.0 Å². The van der Waals surface area contributed by atoms with E-state index in [4.69, 9.17) is 22.0 Å². The first-order chi connectivity index (χ1) is 7.29. The quantitative estimate of drug-likeness (QED) is 0.832. The van der Waals surface area contributed by atoms with Gasteiger partial charge in [-0.2, -0.15) is 18.4 Å². The summed E-state index contributed by atoms with van der Waals surface area (Å²) in [6.45, 7) is 0. The van der Waals surface area contributed by atoms with Crippen molar-refractivity contribution < 1.29 is 23.1 Å². The SMILES string of the molecule is N#Cc1c(Cl)ccc(C(=O)O)c1C(F)(F)F. The molecule has 0 unspecified atom stereocenters. The Balaban J connectivity index is 3.70. The smallest absolute Gasteiger partial charge is 0.418 e. The highest BCUT2D eigenvalue weighted by atomic mass is 35.5. The summed E-state index contributed by atoms with van der Waals surface area (Å²) in [5.41, 5.74) is -3.39. The molecule has 1 aromatic rings. The van der Waals surface area contributed by atoms with Gasteiger partial charge in [0.05, 0.1) is 21.7 Å². The Labute approximate surface area is 92.7 Å². The van der Waals surface area contributed by atoms with E-state index in [1.807, 2.05) is 0 Å². The minimum absolute atomic E-state index is 0.431. The van der Waals surface area contributed by atoms with Gasteiger partial charge >= 0.3 is 12.1 Å². The lowest BCUT2D eigenvalue weighted by Gasteiger charge is -2.12. The molecule has 3 nitrogen and oxygen atoms in total. The molecule has 0 atom stereocenters. The molecule has 0 saturated heterocycles. The zero-order valence-corrected chi connectivity index (χ0v) is 8.23. The number of carboxylic acid groups (broad SMARTS) is 1. The second-order valence-corrected chi connectivity index (χ2v) is 3.17. The van der Waals surface area contributed by atoms with Gasteiger partial charge in [-0.1, -0.05) is 11.6 Å². The van der Waals surface area contributed by atoms with Gasteiger partial charge in [0.25, 0.3) is 0 Å². The van der Waals surface area contributed by atoms with E-state index >= 15 is 0 Å². The molecule has 0 heterocycles. The molecule has 0 amide bonds. The molecule has 0 fully saturated rings. The third-order valence-electron chi connectivity index (χ3n) is 1.78. The van der Waals surface area contributed by atoms with Crippen LogP contribution in [0.4, 0.5) is 13.2 Å². The number of hydrogen-bond acceptors (Lipinski definition) is 2. The third-order valence-corrected chi connectivity index (χ3v) is 2.10. The summed E-state index contributed by atoms with van der Waals surface area (Å²) in [4.78, 5) is 10.6. The predicted octanol–water partition coefficient (Wildman–Crippen LogP) is 2.93. The number of nitrogens with zero attached hydrogens (tertiary/aromatic N) is 1. The van der Waals surface area contributed by atoms with E-state index in [-0.39, 0.29) is 0 Å². The van der Waals surface area contributed by atoms with Gasteiger partial charge in [0.1, 0.15) is 6.07 Å². The van der Waals surface area contributed by atoms with Crippen molar-refractivity contribution in [1.29, 1.82) is 5.26 Å². The standard InChI is InChI=1S/C9H3ClF3NO2/c10-6-2-1-4(8(15)16)7(5(6)3-14)9(11,12)13/h1-2H,(H,15,16). The van der Waals surface area contributed by atoms with E-state index in [0.717, 1.165) is 6.07 Å². The molecule has 16 heavy (non-hydrogen) atoms. The molecule has 1 N–H and O–H groups in total. The molecule has 0 aliphatic carbocycles. The number of carbonyl (C=O) groups is 1. The molecule has 0 aliphatic heterocycles. The molecule has 0 saturated carbocycles. The molecule has 0 aliphatic rings. The molecule has 1 aromatic carbocycles. The van der Waals surface area contributed by atoms with Gasteiger partial charge in [0, 0.05) is 0 Å². The second-order valence-electron chi connectivity index (χ2n) is 2.76. The Bertz CT molecular complexity index is 491. The van der Waals surface area contributed by atoms with Crippen molar-refractivity contribution in [2.75, 3.05) is 0 Å². The minimum atomic E-state index is -4.94. The van der Waals surface area contributed by atoms with Crippen LogP contribution in [0.15, 0.2) is 12.1 Å². The van der Waals surface area contributed by atoms with Crippen molar-refractivity contribution >= 4 is 17.6 Å². The highest BCUT2D eigenvalue weighted by Crippen LogP contribution is 2.37. The average Bonchev–Trinajstić information content (AvgIpc) is 2.15. The van der Waals surface area contributed by atoms with Crippen LogP contribution in [-0.2, 0) is 6.18 Å². The molecule has 0 radical (unpaired) electrons. The lowest BCUT2D eigenvalue weighted by molar-refractivity contribution is -0.138. The van der Waals surface area contributed by atoms with Crippen LogP contribution in [0.25, 0.3) is 0 Å². The minimum Gasteiger partial charge on any atom is -0.478 e. The topological polar surface area (TPSA) is 61.1 Å². The largest absolute Gasteiger partial charge is 0.478 e. The molecule has 0 bridgehead atoms. The van der Waals surface area contributed by atoms with Crippen molar-refractivity contribution in [2.24, 2.45) is 0 Å². The maximum atomic E-state index is 12.6. The summed E-state index contributed by atoms with van der Waals surface area (Å²) < 4.78 is 37.7. The predicted molar refractivity (Wildman–Crippen MR) is 48.1 cm³/mol. The Morgan fingerprint density at radius 1 is 1.44 bits per heavy atom. The van der Waals surface area contributed by atoms with Crippen LogP contribution in [0.1, 0.15) is 21.5 Å². The number of nitriles is 1. The Morgan fingerprint density at radius 3 is 2.38 bits per heavy atom. The van der Waals surface area contributed by atoms with E-state index in [1.54, 1.807) is 0 Å². The van der Waals surface area contributed by atoms with Gasteiger partial charge in [-0.25, -0.2) is 4.79 Å². The molecule has 84 valence electrons. The summed E-state index contributed by atoms with van der Waals surface area (Å²) in [6.07, 6.45) is -4.94. The summed E-state index contributed by atoms with van der Waals surface area (Å²) in [7, 11) is 0. The fourth-order valence-corrected chi connectivity index (χ4v) is 1.36. The molecule has 0 spiro atoms. The van der Waals surface area contributed by atoms with Gasteiger partial charge in [0.2, 0.25) is 0 Å². The normalized spacial score (nSPS) is 10.9. The van der Waals surface area contributed by atoms with Crippen LogP contribution in [0.3, 0.4) is 0 Å². The number of hydrogen-bond donors (Lipinski definition) is 1. The van der Waals surface area contributed by atoms with Gasteiger partial charge < -0.3 is 5.11 Å². The molecule has 1 rings (SSSR count). The van der Waals surface area contributed by atoms with Crippen molar-refractivity contribution in [3.05, 3.63) is 33.8 Å². The molecular formula is C9H3ClF3NO2. The van der Waals surface area contributed by atoms with Crippen molar-refractivity contribution in [1.82, 2.24) is 0 Å². The number of halogens is 4. The fraction of sp³-hybridized carbons (Fsp3) is 0.111. The van der Waals surface area contributed by atoms with Crippen molar-refractivity contribution in [2.45, 2.75) is 6.18 Å². The first-order valence-electron chi connectivity index (χ1n) is 3.82. The fourth-order valence-electron chi connectivity index (χ4n) is 1.16. The maximum Gasteiger partial charge on any atom is 0.418 e. The first kappa shape index (κ1) is 12.3. The van der Waals surface area contributed by atoms with Crippen LogP contribution in [-0.4, -0.2) is 11.1 Å². The van der Waals surface area contributed by atoms with Gasteiger partial charge in [-0.3, -0.25) is 0 Å². The maximum absolute atomic E-state index is 12.6.